The number of hydrogen-bond acceptors (Lipinski definition) is 4. The molecule has 1 aliphatic rings. The molecule has 134 valence electrons. The molecule has 0 fully saturated rings. The molecule has 0 atom stereocenters. The molecule has 0 saturated heterocycles. The fourth-order valence-corrected chi connectivity index (χ4v) is 2.64. The van der Waals surface area contributed by atoms with Gasteiger partial charge in [-0.3, -0.25) is 0 Å². The number of fused-ring (bicyclic) bond motifs is 1. The van der Waals surface area contributed by atoms with Gasteiger partial charge >= 0.3 is 15.6 Å². The molecule has 0 amide bonds. The molecule has 0 aromatic heterocycles. The van der Waals surface area contributed by atoms with Crippen LogP contribution in [0.5, 0.6) is 5.75 Å². The minimum atomic E-state index is -5.95. The lowest BCUT2D eigenvalue weighted by atomic mass is 9.95. The van der Waals surface area contributed by atoms with Crippen LogP contribution in [0.2, 0.25) is 0 Å². The summed E-state index contributed by atoms with van der Waals surface area (Å²) in [5.41, 5.74) is -6.27. The van der Waals surface area contributed by atoms with Crippen LogP contribution in [0, 0.1) is 11.6 Å². The number of allylic oxidation sites excluding steroid dienone is 1. The summed E-state index contributed by atoms with van der Waals surface area (Å²) in [6, 6.07) is 0.666. The van der Waals surface area contributed by atoms with E-state index in [4.69, 9.17) is 16.3 Å². The maximum atomic E-state index is 14.3. The Hall–Kier alpha value is -1.55. The molecule has 24 heavy (non-hydrogen) atoms. The van der Waals surface area contributed by atoms with E-state index >= 15 is 0 Å². The Morgan fingerprint density at radius 1 is 1.25 bits per heavy atom. The Morgan fingerprint density at radius 2 is 1.92 bits per heavy atom. The topological polar surface area (TPSA) is 52.6 Å². The molecule has 2 rings (SSSR count). The van der Waals surface area contributed by atoms with Crippen LogP contribution in [0.15, 0.2) is 12.1 Å². The zero-order valence-electron chi connectivity index (χ0n) is 11.8. The Balaban J connectivity index is 2.45. The summed E-state index contributed by atoms with van der Waals surface area (Å²) in [6.45, 7) is -0.185. The third-order valence-corrected chi connectivity index (χ3v) is 4.19. The lowest BCUT2D eigenvalue weighted by Crippen LogP contribution is -2.25. The van der Waals surface area contributed by atoms with Gasteiger partial charge in [-0.2, -0.15) is 21.6 Å². The van der Waals surface area contributed by atoms with Gasteiger partial charge in [-0.1, -0.05) is 0 Å². The number of rotatable bonds is 5. The average molecular weight is 393 g/mol. The van der Waals surface area contributed by atoms with Crippen molar-refractivity contribution in [3.63, 3.8) is 0 Å². The van der Waals surface area contributed by atoms with Gasteiger partial charge in [-0.25, -0.2) is 8.78 Å². The van der Waals surface area contributed by atoms with Gasteiger partial charge in [0.2, 0.25) is 0 Å². The van der Waals surface area contributed by atoms with Crippen molar-refractivity contribution in [2.75, 3.05) is 12.5 Å². The standard InChI is InChI=1S/C13H10ClF5O4S/c14-4-5-22-12-9(15)6-8-7(11(12)16)2-1-3-10(8)23-24(20,21)13(17,18)19/h3,6H,1-2,4-5H2. The first-order chi connectivity index (χ1) is 11.1. The van der Waals surface area contributed by atoms with Gasteiger partial charge in [0, 0.05) is 11.1 Å². The van der Waals surface area contributed by atoms with Gasteiger partial charge in [-0.05, 0) is 25.0 Å². The van der Waals surface area contributed by atoms with Crippen molar-refractivity contribution in [3.05, 3.63) is 34.9 Å². The summed E-state index contributed by atoms with van der Waals surface area (Å²) < 4.78 is 96.5. The van der Waals surface area contributed by atoms with E-state index in [1.54, 1.807) is 0 Å². The zero-order valence-corrected chi connectivity index (χ0v) is 13.4. The monoisotopic (exact) mass is 392 g/mol. The smallest absolute Gasteiger partial charge is 0.486 e. The van der Waals surface area contributed by atoms with Crippen LogP contribution in [0.4, 0.5) is 22.0 Å². The highest BCUT2D eigenvalue weighted by Crippen LogP contribution is 2.38. The maximum absolute atomic E-state index is 14.3. The molecule has 0 radical (unpaired) electrons. The molecule has 0 aliphatic heterocycles. The van der Waals surface area contributed by atoms with Crippen molar-refractivity contribution in [3.8, 4) is 5.75 Å². The normalized spacial score (nSPS) is 14.8. The minimum absolute atomic E-state index is 0.00715. The fourth-order valence-electron chi connectivity index (χ4n) is 2.08. The second kappa shape index (κ2) is 6.75. The molecule has 0 bridgehead atoms. The molecule has 0 spiro atoms. The van der Waals surface area contributed by atoms with Gasteiger partial charge in [0.05, 0.1) is 5.88 Å². The summed E-state index contributed by atoms with van der Waals surface area (Å²) in [6.07, 6.45) is 1.04. The van der Waals surface area contributed by atoms with Gasteiger partial charge in [0.25, 0.3) is 0 Å². The minimum Gasteiger partial charge on any atom is -0.486 e. The van der Waals surface area contributed by atoms with E-state index in [0.29, 0.717) is 6.07 Å². The predicted octanol–water partition coefficient (Wildman–Crippen LogP) is 3.74. The number of benzene rings is 1. The number of alkyl halides is 4. The van der Waals surface area contributed by atoms with Crippen LogP contribution < -0.4 is 4.74 Å². The van der Waals surface area contributed by atoms with E-state index in [1.165, 1.54) is 0 Å². The molecule has 0 heterocycles. The number of ether oxygens (including phenoxy) is 1. The van der Waals surface area contributed by atoms with Crippen molar-refractivity contribution in [2.24, 2.45) is 0 Å². The van der Waals surface area contributed by atoms with E-state index in [1.807, 2.05) is 0 Å². The fraction of sp³-hybridized carbons (Fsp3) is 0.385. The summed E-state index contributed by atoms with van der Waals surface area (Å²) >= 11 is 5.37. The van der Waals surface area contributed by atoms with Crippen molar-refractivity contribution >= 4 is 27.5 Å². The molecule has 0 unspecified atom stereocenters. The highest BCUT2D eigenvalue weighted by molar-refractivity contribution is 7.87. The Morgan fingerprint density at radius 3 is 2.50 bits per heavy atom. The van der Waals surface area contributed by atoms with Crippen LogP contribution in [0.3, 0.4) is 0 Å². The molecule has 0 saturated carbocycles. The van der Waals surface area contributed by atoms with E-state index in [-0.39, 0.29) is 30.9 Å². The van der Waals surface area contributed by atoms with Crippen LogP contribution in [-0.2, 0) is 20.7 Å². The Bertz CT molecular complexity index is 774. The quantitative estimate of drug-likeness (QED) is 0.331. The zero-order chi connectivity index (χ0) is 18.1. The lowest BCUT2D eigenvalue weighted by Gasteiger charge is -2.21. The van der Waals surface area contributed by atoms with Crippen molar-refractivity contribution in [1.29, 1.82) is 0 Å². The van der Waals surface area contributed by atoms with Gasteiger partial charge < -0.3 is 8.92 Å². The molecule has 1 aromatic carbocycles. The SMILES string of the molecule is O=S(=O)(OC1=CCCc2c1cc(F)c(OCCCl)c2F)C(F)(F)F. The Kier molecular flexibility index (Phi) is 5.28. The molecular formula is C13H10ClF5O4S. The van der Waals surface area contributed by atoms with Crippen LogP contribution in [0.25, 0.3) is 5.76 Å². The highest BCUT2D eigenvalue weighted by Gasteiger charge is 2.49. The van der Waals surface area contributed by atoms with Gasteiger partial charge in [-0.15, -0.1) is 11.6 Å². The molecule has 4 nitrogen and oxygen atoms in total. The predicted molar refractivity (Wildman–Crippen MR) is 74.9 cm³/mol. The van der Waals surface area contributed by atoms with Crippen LogP contribution >= 0.6 is 11.6 Å². The van der Waals surface area contributed by atoms with Crippen LogP contribution in [-0.4, -0.2) is 26.4 Å². The van der Waals surface area contributed by atoms with E-state index < -0.39 is 44.3 Å². The first-order valence-corrected chi connectivity index (χ1v) is 8.43. The first-order valence-electron chi connectivity index (χ1n) is 6.49. The van der Waals surface area contributed by atoms with E-state index in [2.05, 4.69) is 4.18 Å². The molecular weight excluding hydrogens is 383 g/mol. The largest absolute Gasteiger partial charge is 0.534 e. The van der Waals surface area contributed by atoms with E-state index in [9.17, 15) is 30.4 Å². The van der Waals surface area contributed by atoms with Crippen molar-refractivity contribution in [1.82, 2.24) is 0 Å². The molecule has 0 N–H and O–H groups in total. The lowest BCUT2D eigenvalue weighted by molar-refractivity contribution is -0.0509. The summed E-state index contributed by atoms with van der Waals surface area (Å²) in [7, 11) is -5.95. The van der Waals surface area contributed by atoms with Gasteiger partial charge in [0.15, 0.2) is 17.4 Å². The summed E-state index contributed by atoms with van der Waals surface area (Å²) in [5.74, 6) is -3.89. The third kappa shape index (κ3) is 3.59. The van der Waals surface area contributed by atoms with Crippen molar-refractivity contribution < 1.29 is 39.3 Å². The summed E-state index contributed by atoms with van der Waals surface area (Å²) in [5, 5.41) is 0. The second-order valence-corrected chi connectivity index (χ2v) is 6.57. The first kappa shape index (κ1) is 18.8. The van der Waals surface area contributed by atoms with Crippen LogP contribution in [0.1, 0.15) is 17.5 Å². The second-order valence-electron chi connectivity index (χ2n) is 4.66. The average Bonchev–Trinajstić information content (AvgIpc) is 2.46. The van der Waals surface area contributed by atoms with Crippen molar-refractivity contribution in [2.45, 2.75) is 18.3 Å². The molecule has 1 aromatic rings. The third-order valence-electron chi connectivity index (χ3n) is 3.07. The maximum Gasteiger partial charge on any atom is 0.534 e. The number of hydrogen-bond donors (Lipinski definition) is 0. The molecule has 1 aliphatic carbocycles. The Labute approximate surface area is 138 Å². The number of halogens is 6. The summed E-state index contributed by atoms with van der Waals surface area (Å²) in [4.78, 5) is 0. The van der Waals surface area contributed by atoms with Gasteiger partial charge in [0.1, 0.15) is 12.4 Å². The van der Waals surface area contributed by atoms with E-state index in [0.717, 1.165) is 6.08 Å². The highest BCUT2D eigenvalue weighted by atomic mass is 35.5. The molecule has 11 heteroatoms.